The van der Waals surface area contributed by atoms with Crippen LogP contribution in [-0.4, -0.2) is 69.7 Å². The number of hydrogen-bond acceptors (Lipinski definition) is 7. The molecule has 3 N–H and O–H groups in total. The van der Waals surface area contributed by atoms with Crippen molar-refractivity contribution in [3.05, 3.63) is 64.5 Å². The molecule has 0 aliphatic carbocycles. The van der Waals surface area contributed by atoms with Gasteiger partial charge in [-0.05, 0) is 48.6 Å². The van der Waals surface area contributed by atoms with Gasteiger partial charge in [0.2, 0.25) is 0 Å². The van der Waals surface area contributed by atoms with E-state index >= 15 is 0 Å². The Labute approximate surface area is 223 Å². The summed E-state index contributed by atoms with van der Waals surface area (Å²) in [4.78, 5) is 27.1. The van der Waals surface area contributed by atoms with E-state index in [0.29, 0.717) is 28.7 Å². The van der Waals surface area contributed by atoms with E-state index in [1.165, 1.54) is 10.9 Å². The fourth-order valence-electron chi connectivity index (χ4n) is 4.64. The number of anilines is 1. The first kappa shape index (κ1) is 27.3. The number of nitrogens with zero attached hydrogens (tertiary/aromatic N) is 4. The molecule has 0 spiro atoms. The lowest BCUT2D eigenvalue weighted by atomic mass is 9.85. The normalized spacial score (nSPS) is 16.3. The second-order valence-electron chi connectivity index (χ2n) is 10.9. The first-order valence-electron chi connectivity index (χ1n) is 12.7. The number of hydrogen-bond donors (Lipinski definition) is 3. The average molecular weight is 521 g/mol. The molecule has 1 fully saturated rings. The Kier molecular flexibility index (Phi) is 7.84. The van der Waals surface area contributed by atoms with Gasteiger partial charge >= 0.3 is 5.97 Å². The molecule has 38 heavy (non-hydrogen) atoms. The molecule has 1 unspecified atom stereocenters. The van der Waals surface area contributed by atoms with E-state index < -0.39 is 5.97 Å². The van der Waals surface area contributed by atoms with E-state index in [1.54, 1.807) is 25.3 Å². The van der Waals surface area contributed by atoms with Crippen LogP contribution in [0.2, 0.25) is 0 Å². The van der Waals surface area contributed by atoms with Crippen molar-refractivity contribution in [2.24, 2.45) is 0 Å². The molecule has 1 aliphatic heterocycles. The van der Waals surface area contributed by atoms with Crippen LogP contribution in [0.3, 0.4) is 0 Å². The summed E-state index contributed by atoms with van der Waals surface area (Å²) in [5, 5.41) is 23.3. The second kappa shape index (κ2) is 10.9. The number of rotatable bonds is 7. The summed E-state index contributed by atoms with van der Waals surface area (Å²) in [5.41, 5.74) is 4.22. The van der Waals surface area contributed by atoms with Crippen LogP contribution >= 0.6 is 0 Å². The molecule has 10 heteroatoms. The van der Waals surface area contributed by atoms with Crippen LogP contribution in [0.15, 0.2) is 36.5 Å². The zero-order valence-corrected chi connectivity index (χ0v) is 22.8. The first-order valence-corrected chi connectivity index (χ1v) is 12.7. The number of benzene rings is 2. The third-order valence-corrected chi connectivity index (χ3v) is 6.76. The summed E-state index contributed by atoms with van der Waals surface area (Å²) in [7, 11) is 1.63. The zero-order chi connectivity index (χ0) is 27.6. The number of methoxy groups -OCH3 is 1. The summed E-state index contributed by atoms with van der Waals surface area (Å²) >= 11 is 0. The quantitative estimate of drug-likeness (QED) is 0.432. The lowest BCUT2D eigenvalue weighted by molar-refractivity contribution is 0.0690. The molecule has 0 bridgehead atoms. The van der Waals surface area contributed by atoms with Crippen LogP contribution in [0.4, 0.5) is 5.69 Å². The predicted molar refractivity (Wildman–Crippen MR) is 145 cm³/mol. The molecular weight excluding hydrogens is 484 g/mol. The van der Waals surface area contributed by atoms with Gasteiger partial charge in [-0.2, -0.15) is 0 Å². The van der Waals surface area contributed by atoms with Crippen LogP contribution in [0.25, 0.3) is 5.69 Å². The van der Waals surface area contributed by atoms with Gasteiger partial charge in [0.15, 0.2) is 5.69 Å². The van der Waals surface area contributed by atoms with Crippen molar-refractivity contribution in [1.82, 2.24) is 25.2 Å². The fraction of sp³-hybridized carbons (Fsp3) is 0.429. The average Bonchev–Trinajstić information content (AvgIpc) is 3.34. The summed E-state index contributed by atoms with van der Waals surface area (Å²) in [6, 6.07) is 9.77. The molecule has 1 aromatic heterocycles. The van der Waals surface area contributed by atoms with E-state index in [1.807, 2.05) is 13.0 Å². The molecule has 1 atom stereocenters. The standard InChI is InChI=1S/C28H36N6O4/c1-17-7-8-19(12-24(17)34-16-23(27(36)37)31-32-34)26(35)30-22-13-21(28(3,4)5)11-20(25(22)38-6)15-33-10-9-29-18(2)14-33/h7-8,11-13,16,18,29H,9-10,14-15H2,1-6H3,(H,30,35)(H,36,37). The van der Waals surface area contributed by atoms with Crippen molar-refractivity contribution in [3.63, 3.8) is 0 Å². The molecule has 3 aromatic rings. The third-order valence-electron chi connectivity index (χ3n) is 6.76. The largest absolute Gasteiger partial charge is 0.494 e. The lowest BCUT2D eigenvalue weighted by Gasteiger charge is -2.33. The number of carboxylic acid groups (broad SMARTS) is 1. The highest BCUT2D eigenvalue weighted by atomic mass is 16.5. The van der Waals surface area contributed by atoms with Crippen molar-refractivity contribution >= 4 is 17.6 Å². The lowest BCUT2D eigenvalue weighted by Crippen LogP contribution is -2.48. The third kappa shape index (κ3) is 6.03. The molecule has 2 heterocycles. The van der Waals surface area contributed by atoms with E-state index in [2.05, 4.69) is 59.6 Å². The molecule has 0 radical (unpaired) electrons. The second-order valence-corrected chi connectivity index (χ2v) is 10.9. The monoisotopic (exact) mass is 520 g/mol. The Morgan fingerprint density at radius 2 is 2.00 bits per heavy atom. The number of carbonyl (C=O) groups excluding carboxylic acids is 1. The van der Waals surface area contributed by atoms with Gasteiger partial charge in [0.05, 0.1) is 24.7 Å². The molecule has 4 rings (SSSR count). The number of carbonyl (C=O) groups is 2. The van der Waals surface area contributed by atoms with Crippen molar-refractivity contribution in [2.45, 2.75) is 52.6 Å². The maximum Gasteiger partial charge on any atom is 0.358 e. The summed E-state index contributed by atoms with van der Waals surface area (Å²) < 4.78 is 7.22. The number of carboxylic acids is 1. The van der Waals surface area contributed by atoms with Crippen LogP contribution < -0.4 is 15.4 Å². The highest BCUT2D eigenvalue weighted by Gasteiger charge is 2.24. The predicted octanol–water partition coefficient (Wildman–Crippen LogP) is 3.63. The maximum atomic E-state index is 13.5. The Morgan fingerprint density at radius 3 is 2.63 bits per heavy atom. The summed E-state index contributed by atoms with van der Waals surface area (Å²) in [6.07, 6.45) is 1.32. The van der Waals surface area contributed by atoms with Gasteiger partial charge in [-0.1, -0.05) is 38.1 Å². The smallest absolute Gasteiger partial charge is 0.358 e. The Balaban J connectivity index is 1.67. The number of piperazine rings is 1. The fourth-order valence-corrected chi connectivity index (χ4v) is 4.64. The van der Waals surface area contributed by atoms with Crippen LogP contribution in [0.5, 0.6) is 5.75 Å². The van der Waals surface area contributed by atoms with Gasteiger partial charge in [0.25, 0.3) is 5.91 Å². The number of aromatic nitrogens is 3. The Hall–Kier alpha value is -3.76. The Bertz CT molecular complexity index is 1340. The molecule has 202 valence electrons. The number of aromatic carboxylic acids is 1. The minimum absolute atomic E-state index is 0.136. The molecular formula is C28H36N6O4. The molecule has 1 amide bonds. The van der Waals surface area contributed by atoms with Gasteiger partial charge in [0, 0.05) is 43.3 Å². The van der Waals surface area contributed by atoms with Crippen molar-refractivity contribution in [2.75, 3.05) is 32.1 Å². The zero-order valence-electron chi connectivity index (χ0n) is 22.8. The minimum Gasteiger partial charge on any atom is -0.494 e. The van der Waals surface area contributed by atoms with Gasteiger partial charge in [-0.25, -0.2) is 9.48 Å². The number of aryl methyl sites for hydroxylation is 1. The van der Waals surface area contributed by atoms with Gasteiger partial charge < -0.3 is 20.5 Å². The van der Waals surface area contributed by atoms with Crippen molar-refractivity contribution < 1.29 is 19.4 Å². The Morgan fingerprint density at radius 1 is 1.24 bits per heavy atom. The van der Waals surface area contributed by atoms with Gasteiger partial charge in [-0.15, -0.1) is 5.10 Å². The molecule has 1 aliphatic rings. The number of amides is 1. The van der Waals surface area contributed by atoms with Crippen LogP contribution in [-0.2, 0) is 12.0 Å². The molecule has 2 aromatic carbocycles. The molecule has 0 saturated carbocycles. The van der Waals surface area contributed by atoms with Gasteiger partial charge in [-0.3, -0.25) is 9.69 Å². The number of nitrogens with one attached hydrogen (secondary N) is 2. The van der Waals surface area contributed by atoms with Crippen molar-refractivity contribution in [3.8, 4) is 11.4 Å². The summed E-state index contributed by atoms with van der Waals surface area (Å²) in [6.45, 7) is 14.0. The van der Waals surface area contributed by atoms with E-state index in [-0.39, 0.29) is 17.0 Å². The van der Waals surface area contributed by atoms with E-state index in [9.17, 15) is 14.7 Å². The SMILES string of the molecule is COc1c(CN2CCNC(C)C2)cc(C(C)(C)C)cc1NC(=O)c1ccc(C)c(-n2cc(C(=O)O)nn2)c1. The topological polar surface area (TPSA) is 122 Å². The van der Waals surface area contributed by atoms with Crippen molar-refractivity contribution in [1.29, 1.82) is 0 Å². The first-order chi connectivity index (χ1) is 18.0. The molecule has 1 saturated heterocycles. The summed E-state index contributed by atoms with van der Waals surface area (Å²) in [5.74, 6) is -0.831. The van der Waals surface area contributed by atoms with Crippen LogP contribution in [0.1, 0.15) is 65.2 Å². The highest BCUT2D eigenvalue weighted by Crippen LogP contribution is 2.36. The van der Waals surface area contributed by atoms with E-state index in [0.717, 1.165) is 42.9 Å². The maximum absolute atomic E-state index is 13.5. The highest BCUT2D eigenvalue weighted by molar-refractivity contribution is 6.05. The number of ether oxygens (including phenoxy) is 1. The minimum atomic E-state index is -1.17. The van der Waals surface area contributed by atoms with E-state index in [4.69, 9.17) is 4.74 Å². The van der Waals surface area contributed by atoms with Gasteiger partial charge in [0.1, 0.15) is 5.75 Å². The molecule has 10 nitrogen and oxygen atoms in total. The van der Waals surface area contributed by atoms with Crippen LogP contribution in [0, 0.1) is 6.92 Å².